The summed E-state index contributed by atoms with van der Waals surface area (Å²) in [6.45, 7) is 5.78. The number of hydrogen-bond donors (Lipinski definition) is 1. The van der Waals surface area contributed by atoms with Crippen LogP contribution in [0.5, 0.6) is 0 Å². The standard InChI is InChI=1S/C14H20N2/c1-11-9-16(10-11)14-6-2-12(3-7-14)8-15-13-4-5-13/h2-3,6-7,11,13,15H,4-5,8-10H2,1H3. The van der Waals surface area contributed by atoms with E-state index in [0.717, 1.165) is 18.5 Å². The summed E-state index contributed by atoms with van der Waals surface area (Å²) in [5.41, 5.74) is 2.79. The molecule has 0 radical (unpaired) electrons. The third kappa shape index (κ3) is 2.22. The SMILES string of the molecule is CC1CN(c2ccc(CNC3CC3)cc2)C1. The molecule has 1 aromatic carbocycles. The molecule has 0 aromatic heterocycles. The molecular formula is C14H20N2. The van der Waals surface area contributed by atoms with Gasteiger partial charge in [-0.1, -0.05) is 19.1 Å². The second-order valence-corrected chi connectivity index (χ2v) is 5.33. The molecular weight excluding hydrogens is 196 g/mol. The second-order valence-electron chi connectivity index (χ2n) is 5.33. The van der Waals surface area contributed by atoms with Gasteiger partial charge in [0.15, 0.2) is 0 Å². The van der Waals surface area contributed by atoms with Gasteiger partial charge in [0.2, 0.25) is 0 Å². The number of anilines is 1. The van der Waals surface area contributed by atoms with E-state index in [0.29, 0.717) is 0 Å². The van der Waals surface area contributed by atoms with Gasteiger partial charge in [-0.15, -0.1) is 0 Å². The van der Waals surface area contributed by atoms with Gasteiger partial charge >= 0.3 is 0 Å². The van der Waals surface area contributed by atoms with Gasteiger partial charge in [-0.2, -0.15) is 0 Å². The molecule has 1 aliphatic carbocycles. The molecule has 1 saturated carbocycles. The van der Waals surface area contributed by atoms with Crippen LogP contribution in [0.15, 0.2) is 24.3 Å². The van der Waals surface area contributed by atoms with Crippen molar-refractivity contribution < 1.29 is 0 Å². The molecule has 1 aliphatic heterocycles. The molecule has 2 nitrogen and oxygen atoms in total. The lowest BCUT2D eigenvalue weighted by atomic mass is 10.0. The molecule has 0 spiro atoms. The molecule has 0 unspecified atom stereocenters. The summed E-state index contributed by atoms with van der Waals surface area (Å²) in [4.78, 5) is 2.45. The minimum absolute atomic E-state index is 0.802. The van der Waals surface area contributed by atoms with Gasteiger partial charge in [-0.3, -0.25) is 0 Å². The highest BCUT2D eigenvalue weighted by molar-refractivity contribution is 5.49. The molecule has 16 heavy (non-hydrogen) atoms. The Morgan fingerprint density at radius 2 is 1.88 bits per heavy atom. The van der Waals surface area contributed by atoms with Crippen LogP contribution in [-0.2, 0) is 6.54 Å². The van der Waals surface area contributed by atoms with E-state index < -0.39 is 0 Å². The Labute approximate surface area is 97.6 Å². The minimum Gasteiger partial charge on any atom is -0.371 e. The van der Waals surface area contributed by atoms with E-state index in [-0.39, 0.29) is 0 Å². The summed E-state index contributed by atoms with van der Waals surface area (Å²) in [6.07, 6.45) is 2.73. The monoisotopic (exact) mass is 216 g/mol. The van der Waals surface area contributed by atoms with Gasteiger partial charge in [-0.25, -0.2) is 0 Å². The summed E-state index contributed by atoms with van der Waals surface area (Å²) < 4.78 is 0. The van der Waals surface area contributed by atoms with Crippen LogP contribution in [0.4, 0.5) is 5.69 Å². The summed E-state index contributed by atoms with van der Waals surface area (Å²) in [6, 6.07) is 9.84. The third-order valence-corrected chi connectivity index (χ3v) is 3.54. The maximum atomic E-state index is 3.54. The Balaban J connectivity index is 1.56. The first-order chi connectivity index (χ1) is 7.81. The molecule has 2 aliphatic rings. The molecule has 2 heteroatoms. The first kappa shape index (κ1) is 10.2. The van der Waals surface area contributed by atoms with Crippen LogP contribution in [0, 0.1) is 5.92 Å². The van der Waals surface area contributed by atoms with Gasteiger partial charge < -0.3 is 10.2 Å². The second kappa shape index (κ2) is 4.10. The van der Waals surface area contributed by atoms with E-state index in [1.54, 1.807) is 0 Å². The Hall–Kier alpha value is -1.02. The van der Waals surface area contributed by atoms with Crippen molar-refractivity contribution in [2.24, 2.45) is 5.92 Å². The molecule has 1 heterocycles. The smallest absolute Gasteiger partial charge is 0.0366 e. The predicted molar refractivity (Wildman–Crippen MR) is 67.7 cm³/mol. The van der Waals surface area contributed by atoms with Crippen LogP contribution >= 0.6 is 0 Å². The minimum atomic E-state index is 0.802. The zero-order chi connectivity index (χ0) is 11.0. The van der Waals surface area contributed by atoms with Crippen LogP contribution in [0.3, 0.4) is 0 Å². The lowest BCUT2D eigenvalue weighted by molar-refractivity contribution is 0.447. The molecule has 0 amide bonds. The van der Waals surface area contributed by atoms with E-state index in [1.807, 2.05) is 0 Å². The number of nitrogens with zero attached hydrogens (tertiary/aromatic N) is 1. The predicted octanol–water partition coefficient (Wildman–Crippen LogP) is 2.39. The zero-order valence-corrected chi connectivity index (χ0v) is 9.95. The summed E-state index contributed by atoms with van der Waals surface area (Å²) in [5, 5.41) is 3.54. The van der Waals surface area contributed by atoms with E-state index >= 15 is 0 Å². The quantitative estimate of drug-likeness (QED) is 0.831. The Morgan fingerprint density at radius 1 is 1.19 bits per heavy atom. The van der Waals surface area contributed by atoms with Crippen molar-refractivity contribution in [3.63, 3.8) is 0 Å². The average molecular weight is 216 g/mol. The van der Waals surface area contributed by atoms with Crippen molar-refractivity contribution in [1.29, 1.82) is 0 Å². The Morgan fingerprint density at radius 3 is 2.44 bits per heavy atom. The van der Waals surface area contributed by atoms with E-state index in [9.17, 15) is 0 Å². The van der Waals surface area contributed by atoms with Crippen LogP contribution in [0.1, 0.15) is 25.3 Å². The number of nitrogens with one attached hydrogen (secondary N) is 1. The van der Waals surface area contributed by atoms with E-state index in [2.05, 4.69) is 41.4 Å². The van der Waals surface area contributed by atoms with Crippen LogP contribution in [-0.4, -0.2) is 19.1 Å². The van der Waals surface area contributed by atoms with Gasteiger partial charge in [-0.05, 0) is 36.5 Å². The van der Waals surface area contributed by atoms with Crippen LogP contribution < -0.4 is 10.2 Å². The lowest BCUT2D eigenvalue weighted by Gasteiger charge is -2.39. The number of benzene rings is 1. The molecule has 1 aromatic rings. The maximum Gasteiger partial charge on any atom is 0.0366 e. The first-order valence-electron chi connectivity index (χ1n) is 6.38. The molecule has 0 atom stereocenters. The summed E-state index contributed by atoms with van der Waals surface area (Å²) in [7, 11) is 0. The summed E-state index contributed by atoms with van der Waals surface area (Å²) >= 11 is 0. The van der Waals surface area contributed by atoms with Crippen LogP contribution in [0.25, 0.3) is 0 Å². The highest BCUT2D eigenvalue weighted by Crippen LogP contribution is 2.24. The van der Waals surface area contributed by atoms with Crippen molar-refractivity contribution in [2.75, 3.05) is 18.0 Å². The largest absolute Gasteiger partial charge is 0.371 e. The molecule has 2 fully saturated rings. The zero-order valence-electron chi connectivity index (χ0n) is 9.95. The van der Waals surface area contributed by atoms with E-state index in [4.69, 9.17) is 0 Å². The van der Waals surface area contributed by atoms with Crippen molar-refractivity contribution in [1.82, 2.24) is 5.32 Å². The van der Waals surface area contributed by atoms with Crippen molar-refractivity contribution >= 4 is 5.69 Å². The van der Waals surface area contributed by atoms with Crippen molar-refractivity contribution in [2.45, 2.75) is 32.4 Å². The van der Waals surface area contributed by atoms with Crippen molar-refractivity contribution in [3.05, 3.63) is 29.8 Å². The number of hydrogen-bond acceptors (Lipinski definition) is 2. The normalized spacial score (nSPS) is 20.9. The highest BCUT2D eigenvalue weighted by Gasteiger charge is 2.22. The molecule has 86 valence electrons. The van der Waals surface area contributed by atoms with Gasteiger partial charge in [0.1, 0.15) is 0 Å². The maximum absolute atomic E-state index is 3.54. The van der Waals surface area contributed by atoms with E-state index in [1.165, 1.54) is 37.2 Å². The topological polar surface area (TPSA) is 15.3 Å². The average Bonchev–Trinajstić information content (AvgIpc) is 3.07. The molecule has 1 saturated heterocycles. The molecule has 3 rings (SSSR count). The van der Waals surface area contributed by atoms with Crippen LogP contribution in [0.2, 0.25) is 0 Å². The molecule has 1 N–H and O–H groups in total. The lowest BCUT2D eigenvalue weighted by Crippen LogP contribution is -2.45. The number of rotatable bonds is 4. The highest BCUT2D eigenvalue weighted by atomic mass is 15.2. The summed E-state index contributed by atoms with van der Waals surface area (Å²) in [5.74, 6) is 0.871. The Kier molecular flexibility index (Phi) is 2.60. The fourth-order valence-electron chi connectivity index (χ4n) is 2.28. The van der Waals surface area contributed by atoms with Gasteiger partial charge in [0.25, 0.3) is 0 Å². The fourth-order valence-corrected chi connectivity index (χ4v) is 2.28. The third-order valence-electron chi connectivity index (χ3n) is 3.54. The fraction of sp³-hybridized carbons (Fsp3) is 0.571. The van der Waals surface area contributed by atoms with Gasteiger partial charge in [0, 0.05) is 31.4 Å². The first-order valence-corrected chi connectivity index (χ1v) is 6.38. The molecule has 0 bridgehead atoms. The Bertz CT molecular complexity index is 348. The van der Waals surface area contributed by atoms with Crippen molar-refractivity contribution in [3.8, 4) is 0 Å². The van der Waals surface area contributed by atoms with Gasteiger partial charge in [0.05, 0.1) is 0 Å².